The summed E-state index contributed by atoms with van der Waals surface area (Å²) in [6, 6.07) is 3.51. The third kappa shape index (κ3) is 4.14. The molecule has 0 bridgehead atoms. The maximum absolute atomic E-state index is 12.8. The van der Waals surface area contributed by atoms with Gasteiger partial charge in [0, 0.05) is 31.7 Å². The van der Waals surface area contributed by atoms with Crippen molar-refractivity contribution in [3.05, 3.63) is 23.8 Å². The van der Waals surface area contributed by atoms with Crippen molar-refractivity contribution in [1.82, 2.24) is 20.1 Å². The van der Waals surface area contributed by atoms with Crippen LogP contribution in [0.15, 0.2) is 27.0 Å². The fourth-order valence-corrected chi connectivity index (χ4v) is 3.21. The van der Waals surface area contributed by atoms with E-state index < -0.39 is 11.7 Å². The van der Waals surface area contributed by atoms with E-state index in [1.807, 2.05) is 4.90 Å². The number of aromatic nitrogens is 3. The highest BCUT2D eigenvalue weighted by molar-refractivity contribution is 5.75. The Morgan fingerprint density at radius 3 is 2.34 bits per heavy atom. The Hall–Kier alpha value is -2.82. The molecule has 1 N–H and O–H groups in total. The van der Waals surface area contributed by atoms with Gasteiger partial charge in [0.1, 0.15) is 5.52 Å². The van der Waals surface area contributed by atoms with E-state index in [9.17, 15) is 13.2 Å². The minimum absolute atomic E-state index is 0.0212. The van der Waals surface area contributed by atoms with Gasteiger partial charge in [-0.2, -0.15) is 18.2 Å². The highest BCUT2D eigenvalue weighted by Crippen LogP contribution is 2.32. The minimum atomic E-state index is -4.45. The maximum Gasteiger partial charge on any atom is 0.416 e. The van der Waals surface area contributed by atoms with Gasteiger partial charge in [0.15, 0.2) is 5.58 Å². The Morgan fingerprint density at radius 1 is 0.966 bits per heavy atom. The molecule has 3 heterocycles. The summed E-state index contributed by atoms with van der Waals surface area (Å²) >= 11 is 0. The van der Waals surface area contributed by atoms with Crippen LogP contribution in [0.2, 0.25) is 0 Å². The number of oxazole rings is 1. The van der Waals surface area contributed by atoms with Gasteiger partial charge in [0.2, 0.25) is 0 Å². The van der Waals surface area contributed by atoms with Gasteiger partial charge in [0.25, 0.3) is 0 Å². The lowest BCUT2D eigenvalue weighted by atomic mass is 10.1. The lowest BCUT2D eigenvalue weighted by Crippen LogP contribution is -2.53. The number of benzene rings is 1. The number of anilines is 3. The average Bonchev–Trinajstić information content (AvgIpc) is 3.26. The molecule has 11 heteroatoms. The minimum Gasteiger partial charge on any atom is -0.423 e. The highest BCUT2D eigenvalue weighted by atomic mass is 19.4. The Balaban J connectivity index is 1.44. The van der Waals surface area contributed by atoms with Gasteiger partial charge in [-0.1, -0.05) is 10.2 Å². The van der Waals surface area contributed by atoms with E-state index in [1.54, 1.807) is 0 Å². The fourth-order valence-electron chi connectivity index (χ4n) is 3.21. The second-order valence-electron chi connectivity index (χ2n) is 7.86. The van der Waals surface area contributed by atoms with Crippen molar-refractivity contribution in [3.63, 3.8) is 0 Å². The topological polar surface area (TPSA) is 83.5 Å². The number of nitrogens with zero attached hydrogens (tertiary/aromatic N) is 5. The number of hydrogen-bond acceptors (Lipinski definition) is 8. The first kappa shape index (κ1) is 19.5. The van der Waals surface area contributed by atoms with E-state index in [0.717, 1.165) is 38.3 Å². The lowest BCUT2D eigenvalue weighted by molar-refractivity contribution is -0.137. The average molecular weight is 410 g/mol. The van der Waals surface area contributed by atoms with Crippen molar-refractivity contribution in [1.29, 1.82) is 0 Å². The first-order chi connectivity index (χ1) is 13.6. The molecule has 0 saturated carbocycles. The van der Waals surface area contributed by atoms with Crippen molar-refractivity contribution in [3.8, 4) is 0 Å². The molecular weight excluding hydrogens is 389 g/mol. The molecule has 1 aliphatic rings. The molecule has 0 atom stereocenters. The number of rotatable bonds is 3. The number of piperazine rings is 1. The number of alkyl halides is 3. The summed E-state index contributed by atoms with van der Waals surface area (Å²) in [6.45, 7) is 9.78. The molecule has 0 spiro atoms. The Labute approximate surface area is 164 Å². The smallest absolute Gasteiger partial charge is 0.416 e. The Kier molecular flexibility index (Phi) is 4.64. The van der Waals surface area contributed by atoms with Gasteiger partial charge >= 0.3 is 24.2 Å². The molecule has 4 rings (SSSR count). The van der Waals surface area contributed by atoms with Crippen LogP contribution in [0.4, 0.5) is 31.2 Å². The molecule has 29 heavy (non-hydrogen) atoms. The largest absolute Gasteiger partial charge is 0.423 e. The summed E-state index contributed by atoms with van der Waals surface area (Å²) < 4.78 is 49.5. The predicted molar refractivity (Wildman–Crippen MR) is 100 cm³/mol. The van der Waals surface area contributed by atoms with Gasteiger partial charge < -0.3 is 13.7 Å². The van der Waals surface area contributed by atoms with E-state index >= 15 is 0 Å². The van der Waals surface area contributed by atoms with Crippen molar-refractivity contribution in [2.75, 3.05) is 36.4 Å². The van der Waals surface area contributed by atoms with Crippen molar-refractivity contribution in [2.45, 2.75) is 32.5 Å². The molecule has 2 aromatic heterocycles. The molecule has 8 nitrogen and oxygen atoms in total. The van der Waals surface area contributed by atoms with Crippen LogP contribution in [0.25, 0.3) is 11.1 Å². The summed E-state index contributed by atoms with van der Waals surface area (Å²) in [6.07, 6.45) is -4.45. The summed E-state index contributed by atoms with van der Waals surface area (Å²) in [5.74, 6) is 0. The monoisotopic (exact) mass is 410 g/mol. The van der Waals surface area contributed by atoms with Gasteiger partial charge in [-0.05, 0) is 39.0 Å². The third-order valence-corrected chi connectivity index (χ3v) is 4.84. The fraction of sp³-hybridized carbons (Fsp3) is 0.500. The third-order valence-electron chi connectivity index (χ3n) is 4.84. The van der Waals surface area contributed by atoms with Gasteiger partial charge in [-0.15, -0.1) is 0 Å². The second kappa shape index (κ2) is 6.90. The van der Waals surface area contributed by atoms with E-state index in [2.05, 4.69) is 46.2 Å². The van der Waals surface area contributed by atoms with Crippen molar-refractivity contribution >= 4 is 29.1 Å². The standard InChI is InChI=1S/C18H21F3N6O2/c1-17(2,3)27-8-6-26(7-9-27)16-25-24-15(29-16)23-14-22-12-10-11(18(19,20)21)4-5-13(12)28-14/h4-5,10H,6-9H2,1-3H3,(H,22,23,24). The number of fused-ring (bicyclic) bond motifs is 1. The SMILES string of the molecule is CC(C)(C)N1CCN(c2nnc(Nc3nc4cc(C(F)(F)F)ccc4o3)o2)CC1. The maximum atomic E-state index is 12.8. The zero-order chi connectivity index (χ0) is 20.8. The lowest BCUT2D eigenvalue weighted by Gasteiger charge is -2.41. The number of nitrogens with one attached hydrogen (secondary N) is 1. The van der Waals surface area contributed by atoms with E-state index in [0.29, 0.717) is 6.01 Å². The molecule has 0 aliphatic carbocycles. The Bertz CT molecular complexity index is 999. The molecule has 0 unspecified atom stereocenters. The van der Waals surface area contributed by atoms with Crippen LogP contribution in [0, 0.1) is 0 Å². The molecule has 1 saturated heterocycles. The summed E-state index contributed by atoms with van der Waals surface area (Å²) in [4.78, 5) is 8.38. The van der Waals surface area contributed by atoms with Crippen molar-refractivity contribution < 1.29 is 22.0 Å². The normalized spacial score (nSPS) is 16.6. The van der Waals surface area contributed by atoms with E-state index in [4.69, 9.17) is 8.83 Å². The van der Waals surface area contributed by atoms with Crippen LogP contribution in [-0.2, 0) is 6.18 Å². The summed E-state index contributed by atoms with van der Waals surface area (Å²) in [5.41, 5.74) is -0.384. The van der Waals surface area contributed by atoms with E-state index in [-0.39, 0.29) is 28.7 Å². The highest BCUT2D eigenvalue weighted by Gasteiger charge is 2.31. The van der Waals surface area contributed by atoms with Gasteiger partial charge in [-0.25, -0.2) is 0 Å². The molecule has 1 fully saturated rings. The molecular formula is C18H21F3N6O2. The predicted octanol–water partition coefficient (Wildman–Crippen LogP) is 3.89. The molecule has 156 valence electrons. The van der Waals surface area contributed by atoms with Crippen LogP contribution in [0.1, 0.15) is 26.3 Å². The van der Waals surface area contributed by atoms with Gasteiger partial charge in [0.05, 0.1) is 5.56 Å². The molecule has 0 amide bonds. The molecule has 0 radical (unpaired) electrons. The number of hydrogen-bond donors (Lipinski definition) is 1. The number of halogens is 3. The van der Waals surface area contributed by atoms with Crippen LogP contribution in [0.5, 0.6) is 0 Å². The second-order valence-corrected chi connectivity index (χ2v) is 7.86. The van der Waals surface area contributed by atoms with Gasteiger partial charge in [-0.3, -0.25) is 10.2 Å². The first-order valence-corrected chi connectivity index (χ1v) is 9.18. The molecule has 1 aliphatic heterocycles. The zero-order valence-corrected chi connectivity index (χ0v) is 16.2. The Morgan fingerprint density at radius 2 is 1.69 bits per heavy atom. The van der Waals surface area contributed by atoms with Crippen LogP contribution in [0.3, 0.4) is 0 Å². The quantitative estimate of drug-likeness (QED) is 0.696. The van der Waals surface area contributed by atoms with Crippen LogP contribution in [-0.4, -0.2) is 51.8 Å². The van der Waals surface area contributed by atoms with Crippen LogP contribution < -0.4 is 10.2 Å². The van der Waals surface area contributed by atoms with Crippen LogP contribution >= 0.6 is 0 Å². The first-order valence-electron chi connectivity index (χ1n) is 9.18. The molecule has 1 aromatic carbocycles. The summed E-state index contributed by atoms with van der Waals surface area (Å²) in [5, 5.41) is 10.7. The zero-order valence-electron chi connectivity index (χ0n) is 16.2. The summed E-state index contributed by atoms with van der Waals surface area (Å²) in [7, 11) is 0. The van der Waals surface area contributed by atoms with Crippen molar-refractivity contribution in [2.24, 2.45) is 0 Å². The van der Waals surface area contributed by atoms with E-state index in [1.165, 1.54) is 6.07 Å². The molecule has 3 aromatic rings.